The number of benzene rings is 1. The fraction of sp³-hybridized carbons (Fsp3) is 0.571. The molecule has 1 aliphatic rings. The van der Waals surface area contributed by atoms with Crippen LogP contribution in [0.2, 0.25) is 0 Å². The molecule has 0 bridgehead atoms. The quantitative estimate of drug-likeness (QED) is 0.926. The Morgan fingerprint density at radius 2 is 2.33 bits per heavy atom. The molecule has 1 N–H and O–H groups in total. The van der Waals surface area contributed by atoms with Crippen molar-refractivity contribution in [2.24, 2.45) is 5.92 Å². The summed E-state index contributed by atoms with van der Waals surface area (Å²) in [7, 11) is 0. The van der Waals surface area contributed by atoms with Crippen molar-refractivity contribution < 1.29 is 14.6 Å². The van der Waals surface area contributed by atoms with Crippen LogP contribution >= 0.6 is 15.9 Å². The second kappa shape index (κ2) is 6.04. The first kappa shape index (κ1) is 13.8. The smallest absolute Gasteiger partial charge is 0.120 e. The molecule has 3 unspecified atom stereocenters. The Morgan fingerprint density at radius 3 is 2.89 bits per heavy atom. The largest absolute Gasteiger partial charge is 0.494 e. The van der Waals surface area contributed by atoms with Crippen molar-refractivity contribution in [2.75, 3.05) is 13.2 Å². The second-order valence-electron chi connectivity index (χ2n) is 4.59. The maximum atomic E-state index is 10.4. The summed E-state index contributed by atoms with van der Waals surface area (Å²) in [5.74, 6) is 0.982. The van der Waals surface area contributed by atoms with E-state index >= 15 is 0 Å². The summed E-state index contributed by atoms with van der Waals surface area (Å²) in [6.07, 6.45) is 0.521. The number of ether oxygens (including phenoxy) is 2. The van der Waals surface area contributed by atoms with Gasteiger partial charge in [0.25, 0.3) is 0 Å². The summed E-state index contributed by atoms with van der Waals surface area (Å²) in [6, 6.07) is 5.72. The summed E-state index contributed by atoms with van der Waals surface area (Å²) in [4.78, 5) is 0. The second-order valence-corrected chi connectivity index (χ2v) is 5.44. The lowest BCUT2D eigenvalue weighted by atomic mass is 9.91. The minimum atomic E-state index is -0.493. The summed E-state index contributed by atoms with van der Waals surface area (Å²) in [5.41, 5.74) is 0.904. The molecule has 100 valence electrons. The van der Waals surface area contributed by atoms with Gasteiger partial charge in [-0.25, -0.2) is 0 Å². The van der Waals surface area contributed by atoms with Crippen LogP contribution in [0.5, 0.6) is 5.75 Å². The standard InChI is InChI=1S/C14H19BrO3/c1-3-17-10-4-5-12(13(15)8-10)14(16)11-6-7-18-9(11)2/h4-5,8-9,11,14,16H,3,6-7H2,1-2H3. The Labute approximate surface area is 116 Å². The van der Waals surface area contributed by atoms with E-state index in [2.05, 4.69) is 15.9 Å². The molecule has 0 saturated carbocycles. The van der Waals surface area contributed by atoms with Crippen molar-refractivity contribution in [2.45, 2.75) is 32.5 Å². The molecule has 4 heteroatoms. The van der Waals surface area contributed by atoms with Crippen molar-refractivity contribution in [1.82, 2.24) is 0 Å². The molecule has 2 rings (SSSR count). The van der Waals surface area contributed by atoms with E-state index in [1.165, 1.54) is 0 Å². The van der Waals surface area contributed by atoms with Crippen molar-refractivity contribution in [3.8, 4) is 5.75 Å². The topological polar surface area (TPSA) is 38.7 Å². The molecule has 1 saturated heterocycles. The van der Waals surface area contributed by atoms with Gasteiger partial charge in [-0.2, -0.15) is 0 Å². The highest BCUT2D eigenvalue weighted by atomic mass is 79.9. The SMILES string of the molecule is CCOc1ccc(C(O)C2CCOC2C)c(Br)c1. The predicted octanol–water partition coefficient (Wildman–Crippen LogP) is 3.31. The zero-order valence-corrected chi connectivity index (χ0v) is 12.3. The first-order chi connectivity index (χ1) is 8.63. The molecular weight excluding hydrogens is 296 g/mol. The first-order valence-corrected chi connectivity index (χ1v) is 7.14. The average Bonchev–Trinajstić information content (AvgIpc) is 2.75. The molecular formula is C14H19BrO3. The third-order valence-electron chi connectivity index (χ3n) is 3.44. The third kappa shape index (κ3) is 2.87. The van der Waals surface area contributed by atoms with Crippen LogP contribution in [0, 0.1) is 5.92 Å². The number of aliphatic hydroxyl groups excluding tert-OH is 1. The summed E-state index contributed by atoms with van der Waals surface area (Å²) >= 11 is 3.50. The molecule has 3 atom stereocenters. The highest BCUT2D eigenvalue weighted by Crippen LogP contribution is 2.37. The van der Waals surface area contributed by atoms with Crippen molar-refractivity contribution >= 4 is 15.9 Å². The summed E-state index contributed by atoms with van der Waals surface area (Å²) < 4.78 is 11.8. The van der Waals surface area contributed by atoms with E-state index in [4.69, 9.17) is 9.47 Å². The zero-order chi connectivity index (χ0) is 13.1. The van der Waals surface area contributed by atoms with Gasteiger partial charge >= 0.3 is 0 Å². The molecule has 1 fully saturated rings. The van der Waals surface area contributed by atoms with Crippen LogP contribution in [0.1, 0.15) is 31.9 Å². The normalized spacial score (nSPS) is 25.1. The minimum Gasteiger partial charge on any atom is -0.494 e. The van der Waals surface area contributed by atoms with E-state index in [9.17, 15) is 5.11 Å². The molecule has 18 heavy (non-hydrogen) atoms. The maximum Gasteiger partial charge on any atom is 0.120 e. The lowest BCUT2D eigenvalue weighted by molar-refractivity contribution is 0.0428. The molecule has 1 aromatic rings. The van der Waals surface area contributed by atoms with Gasteiger partial charge in [0.2, 0.25) is 0 Å². The molecule has 1 heterocycles. The number of halogens is 1. The van der Waals surface area contributed by atoms with E-state index < -0.39 is 6.10 Å². The van der Waals surface area contributed by atoms with Crippen LogP contribution < -0.4 is 4.74 Å². The van der Waals surface area contributed by atoms with Crippen molar-refractivity contribution in [1.29, 1.82) is 0 Å². The van der Waals surface area contributed by atoms with E-state index in [0.717, 1.165) is 28.8 Å². The molecule has 1 aliphatic heterocycles. The van der Waals surface area contributed by atoms with E-state index in [0.29, 0.717) is 6.61 Å². The Hall–Kier alpha value is -0.580. The van der Waals surface area contributed by atoms with E-state index in [-0.39, 0.29) is 12.0 Å². The molecule has 0 aromatic heterocycles. The fourth-order valence-electron chi connectivity index (χ4n) is 2.40. The number of aliphatic hydroxyl groups is 1. The van der Waals surface area contributed by atoms with Gasteiger partial charge < -0.3 is 14.6 Å². The lowest BCUT2D eigenvalue weighted by Gasteiger charge is -2.22. The van der Waals surface area contributed by atoms with Gasteiger partial charge in [0.15, 0.2) is 0 Å². The van der Waals surface area contributed by atoms with Gasteiger partial charge in [0, 0.05) is 17.0 Å². The van der Waals surface area contributed by atoms with E-state index in [1.807, 2.05) is 32.0 Å². The molecule has 0 radical (unpaired) electrons. The van der Waals surface area contributed by atoms with Gasteiger partial charge in [-0.15, -0.1) is 0 Å². The molecule has 0 spiro atoms. The molecule has 1 aromatic carbocycles. The minimum absolute atomic E-state index is 0.110. The first-order valence-electron chi connectivity index (χ1n) is 6.35. The predicted molar refractivity (Wildman–Crippen MR) is 73.8 cm³/mol. The fourth-order valence-corrected chi connectivity index (χ4v) is 2.99. The van der Waals surface area contributed by atoms with Crippen LogP contribution in [0.25, 0.3) is 0 Å². The Bertz CT molecular complexity index is 408. The Morgan fingerprint density at radius 1 is 1.56 bits per heavy atom. The summed E-state index contributed by atoms with van der Waals surface area (Å²) in [6.45, 7) is 5.34. The summed E-state index contributed by atoms with van der Waals surface area (Å²) in [5, 5.41) is 10.4. The number of hydrogen-bond donors (Lipinski definition) is 1. The van der Waals surface area contributed by atoms with Gasteiger partial charge in [0.05, 0.1) is 18.8 Å². The maximum absolute atomic E-state index is 10.4. The third-order valence-corrected chi connectivity index (χ3v) is 4.13. The van der Waals surface area contributed by atoms with Gasteiger partial charge in [-0.3, -0.25) is 0 Å². The van der Waals surface area contributed by atoms with Gasteiger partial charge in [-0.1, -0.05) is 22.0 Å². The molecule has 0 aliphatic carbocycles. The highest BCUT2D eigenvalue weighted by Gasteiger charge is 2.32. The van der Waals surface area contributed by atoms with Gasteiger partial charge in [-0.05, 0) is 38.0 Å². The van der Waals surface area contributed by atoms with Crippen LogP contribution in [-0.4, -0.2) is 24.4 Å². The van der Waals surface area contributed by atoms with Gasteiger partial charge in [0.1, 0.15) is 5.75 Å². The average molecular weight is 315 g/mol. The highest BCUT2D eigenvalue weighted by molar-refractivity contribution is 9.10. The van der Waals surface area contributed by atoms with Crippen LogP contribution in [0.3, 0.4) is 0 Å². The Kier molecular flexibility index (Phi) is 4.65. The Balaban J connectivity index is 2.17. The number of hydrogen-bond acceptors (Lipinski definition) is 3. The number of rotatable bonds is 4. The van der Waals surface area contributed by atoms with Crippen LogP contribution in [0.4, 0.5) is 0 Å². The van der Waals surface area contributed by atoms with Crippen molar-refractivity contribution in [3.05, 3.63) is 28.2 Å². The lowest BCUT2D eigenvalue weighted by Crippen LogP contribution is -2.20. The monoisotopic (exact) mass is 314 g/mol. The molecule has 0 amide bonds. The van der Waals surface area contributed by atoms with Crippen LogP contribution in [0.15, 0.2) is 22.7 Å². The van der Waals surface area contributed by atoms with Crippen molar-refractivity contribution in [3.63, 3.8) is 0 Å². The molecule has 3 nitrogen and oxygen atoms in total. The van der Waals surface area contributed by atoms with E-state index in [1.54, 1.807) is 0 Å². The zero-order valence-electron chi connectivity index (χ0n) is 10.7. The van der Waals surface area contributed by atoms with Crippen LogP contribution in [-0.2, 0) is 4.74 Å².